The molecule has 2 N–H and O–H groups in total. The Balaban J connectivity index is 1.24. The number of likely N-dealkylation sites (N-methyl/N-ethyl adjacent to an activating group) is 1. The Bertz CT molecular complexity index is 1440. The molecule has 11 heteroatoms. The van der Waals surface area contributed by atoms with Crippen LogP contribution in [0.1, 0.15) is 63.6 Å². The summed E-state index contributed by atoms with van der Waals surface area (Å²) in [5.41, 5.74) is 1.25. The molecule has 0 spiro atoms. The summed E-state index contributed by atoms with van der Waals surface area (Å²) < 4.78 is 5.64. The number of carbonyl (C=O) groups excluding carboxylic acids is 1. The highest BCUT2D eigenvalue weighted by molar-refractivity contribution is 8.15. The summed E-state index contributed by atoms with van der Waals surface area (Å²) in [7, 11) is 2.07. The van der Waals surface area contributed by atoms with Crippen LogP contribution in [0.5, 0.6) is 5.75 Å². The number of phenolic OH excluding ortho intramolecular Hbond substituents is 1. The zero-order chi connectivity index (χ0) is 32.4. The van der Waals surface area contributed by atoms with Gasteiger partial charge in [0.1, 0.15) is 17.4 Å². The van der Waals surface area contributed by atoms with E-state index in [-0.39, 0.29) is 30.0 Å². The first-order chi connectivity index (χ1) is 21.4. The van der Waals surface area contributed by atoms with E-state index in [1.807, 2.05) is 43.8 Å². The lowest BCUT2D eigenvalue weighted by Crippen LogP contribution is -2.51. The summed E-state index contributed by atoms with van der Waals surface area (Å²) >= 11 is 11.0. The number of aromatic hydroxyl groups is 1. The molecule has 1 fully saturated rings. The summed E-state index contributed by atoms with van der Waals surface area (Å²) in [6, 6.07) is 13.0. The standard InChI is InChI=1S/C34H44ClN3O4S3/c1-6-7-8-10-22-11-9-12-26(39)27(22)29-36-24(18-43-29)30-38(5)25(19-44-30)28(40)33(2,3)31-37-34(4,20-45-31)32(41)42-17-21-13-15-23(35)16-14-21/h9,11-16,24-25,28,30,39-40H,6-8,10,17-20H2,1-5H3/t24-,25+,28-,30-,34-/m1/s1. The number of unbranched alkanes of at least 4 members (excludes halogenated alkanes) is 2. The van der Waals surface area contributed by atoms with Gasteiger partial charge in [0.15, 0.2) is 5.54 Å². The number of rotatable bonds is 12. The normalized spacial score (nSPS) is 26.2. The number of ether oxygens (including phenoxy) is 1. The Morgan fingerprint density at radius 1 is 1.18 bits per heavy atom. The average molecular weight is 690 g/mol. The van der Waals surface area contributed by atoms with Crippen molar-refractivity contribution in [2.75, 3.05) is 24.3 Å². The third-order valence-corrected chi connectivity index (χ3v) is 13.4. The topological polar surface area (TPSA) is 94.7 Å². The Morgan fingerprint density at radius 3 is 2.67 bits per heavy atom. The molecule has 0 bridgehead atoms. The van der Waals surface area contributed by atoms with Crippen molar-refractivity contribution in [2.24, 2.45) is 15.4 Å². The van der Waals surface area contributed by atoms with E-state index in [0.29, 0.717) is 16.5 Å². The van der Waals surface area contributed by atoms with Crippen LogP contribution in [-0.2, 0) is 22.6 Å². The fourth-order valence-corrected chi connectivity index (χ4v) is 10.4. The molecule has 0 amide bonds. The lowest BCUT2D eigenvalue weighted by Gasteiger charge is -2.38. The molecule has 5 rings (SSSR count). The summed E-state index contributed by atoms with van der Waals surface area (Å²) in [5, 5.41) is 25.0. The quantitative estimate of drug-likeness (QED) is 0.181. The second-order valence-corrected chi connectivity index (χ2v) is 16.4. The minimum absolute atomic E-state index is 0.0558. The van der Waals surface area contributed by atoms with Crippen LogP contribution in [0.4, 0.5) is 0 Å². The first kappa shape index (κ1) is 34.6. The summed E-state index contributed by atoms with van der Waals surface area (Å²) in [5.74, 6) is 2.01. The molecule has 5 atom stereocenters. The van der Waals surface area contributed by atoms with Crippen molar-refractivity contribution in [2.45, 2.75) is 89.1 Å². The van der Waals surface area contributed by atoms with Crippen molar-refractivity contribution >= 4 is 62.9 Å². The largest absolute Gasteiger partial charge is 0.507 e. The van der Waals surface area contributed by atoms with Crippen molar-refractivity contribution in [1.82, 2.24) is 4.90 Å². The van der Waals surface area contributed by atoms with Gasteiger partial charge in [0.2, 0.25) is 0 Å². The van der Waals surface area contributed by atoms with Gasteiger partial charge in [0, 0.05) is 33.7 Å². The van der Waals surface area contributed by atoms with Crippen molar-refractivity contribution < 1.29 is 19.7 Å². The number of aliphatic hydroxyl groups is 1. The lowest BCUT2D eigenvalue weighted by atomic mass is 9.83. The maximum Gasteiger partial charge on any atom is 0.334 e. The highest BCUT2D eigenvalue weighted by Gasteiger charge is 2.50. The number of hydrogen-bond donors (Lipinski definition) is 2. The van der Waals surface area contributed by atoms with Crippen LogP contribution < -0.4 is 0 Å². The Hall–Kier alpha value is -1.69. The van der Waals surface area contributed by atoms with Crippen LogP contribution in [-0.4, -0.2) is 84.6 Å². The second kappa shape index (κ2) is 14.6. The second-order valence-electron chi connectivity index (χ2n) is 12.9. The Labute approximate surface area is 285 Å². The van der Waals surface area contributed by atoms with Crippen molar-refractivity contribution in [3.05, 3.63) is 64.2 Å². The average Bonchev–Trinajstić information content (AvgIpc) is 3.76. The van der Waals surface area contributed by atoms with Crippen LogP contribution in [0.2, 0.25) is 5.02 Å². The molecule has 0 radical (unpaired) electrons. The van der Waals surface area contributed by atoms with Gasteiger partial charge in [0.25, 0.3) is 0 Å². The summed E-state index contributed by atoms with van der Waals surface area (Å²) in [6.07, 6.45) is 3.66. The molecule has 3 heterocycles. The van der Waals surface area contributed by atoms with E-state index in [4.69, 9.17) is 26.3 Å². The van der Waals surface area contributed by atoms with Crippen molar-refractivity contribution in [3.63, 3.8) is 0 Å². The first-order valence-corrected chi connectivity index (χ1v) is 19.0. The summed E-state index contributed by atoms with van der Waals surface area (Å²) in [6.45, 7) is 8.19. The highest BCUT2D eigenvalue weighted by Crippen LogP contribution is 2.44. The van der Waals surface area contributed by atoms with E-state index in [0.717, 1.165) is 57.5 Å². The minimum atomic E-state index is -1.01. The molecule has 0 unspecified atom stereocenters. The zero-order valence-corrected chi connectivity index (χ0v) is 29.9. The van der Waals surface area contributed by atoms with Gasteiger partial charge in [-0.2, -0.15) is 0 Å². The van der Waals surface area contributed by atoms with Gasteiger partial charge in [-0.1, -0.05) is 69.5 Å². The van der Waals surface area contributed by atoms with E-state index in [2.05, 4.69) is 24.9 Å². The van der Waals surface area contributed by atoms with Gasteiger partial charge in [-0.3, -0.25) is 14.9 Å². The summed E-state index contributed by atoms with van der Waals surface area (Å²) in [4.78, 5) is 25.4. The highest BCUT2D eigenvalue weighted by atomic mass is 35.5. The molecule has 45 heavy (non-hydrogen) atoms. The van der Waals surface area contributed by atoms with Crippen molar-refractivity contribution in [1.29, 1.82) is 0 Å². The van der Waals surface area contributed by atoms with Gasteiger partial charge in [0.05, 0.1) is 28.1 Å². The van der Waals surface area contributed by atoms with Gasteiger partial charge in [-0.25, -0.2) is 4.79 Å². The van der Waals surface area contributed by atoms with E-state index < -0.39 is 17.1 Å². The van der Waals surface area contributed by atoms with E-state index in [1.54, 1.807) is 36.9 Å². The van der Waals surface area contributed by atoms with Gasteiger partial charge < -0.3 is 14.9 Å². The molecule has 3 aliphatic heterocycles. The van der Waals surface area contributed by atoms with Gasteiger partial charge >= 0.3 is 5.97 Å². The van der Waals surface area contributed by atoms with Crippen LogP contribution in [0.3, 0.4) is 0 Å². The molecule has 2 aromatic rings. The van der Waals surface area contributed by atoms with E-state index in [9.17, 15) is 15.0 Å². The van der Waals surface area contributed by atoms with Crippen LogP contribution in [0.15, 0.2) is 52.4 Å². The SMILES string of the molecule is CCCCCc1cccc(O)c1C1=N[C@@H]([C@H]2SC[C@@H]([C@@H](O)C(C)(C)C3=N[C@@](C)(C(=O)OCc4ccc(Cl)cc4)CS3)N2C)CS1. The molecule has 1 saturated heterocycles. The number of thioether (sulfide) groups is 3. The fourth-order valence-electron chi connectivity index (χ4n) is 6.02. The van der Waals surface area contributed by atoms with Crippen molar-refractivity contribution in [3.8, 4) is 5.75 Å². The van der Waals surface area contributed by atoms with Crippen LogP contribution in [0, 0.1) is 5.41 Å². The van der Waals surface area contributed by atoms with Crippen LogP contribution in [0.25, 0.3) is 0 Å². The number of aliphatic imine (C=N–C) groups is 2. The van der Waals surface area contributed by atoms with E-state index >= 15 is 0 Å². The smallest absolute Gasteiger partial charge is 0.334 e. The van der Waals surface area contributed by atoms with Gasteiger partial charge in [-0.15, -0.1) is 35.3 Å². The third kappa shape index (κ3) is 7.57. The number of esters is 1. The maximum atomic E-state index is 13.1. The van der Waals surface area contributed by atoms with E-state index in [1.165, 1.54) is 18.2 Å². The number of aliphatic hydroxyl groups excluding tert-OH is 1. The number of aryl methyl sites for hydroxylation is 1. The van der Waals surface area contributed by atoms with Crippen LogP contribution >= 0.6 is 46.9 Å². The molecule has 0 aliphatic carbocycles. The monoisotopic (exact) mass is 689 g/mol. The molecule has 0 saturated carbocycles. The molecule has 244 valence electrons. The Kier molecular flexibility index (Phi) is 11.2. The lowest BCUT2D eigenvalue weighted by molar-refractivity contribution is -0.149. The number of carbonyl (C=O) groups is 1. The molecule has 3 aliphatic rings. The molecule has 0 aromatic heterocycles. The predicted molar refractivity (Wildman–Crippen MR) is 191 cm³/mol. The number of halogens is 1. The first-order valence-electron chi connectivity index (χ1n) is 15.6. The number of phenols is 1. The molecular formula is C34H44ClN3O4S3. The minimum Gasteiger partial charge on any atom is -0.507 e. The Morgan fingerprint density at radius 2 is 1.93 bits per heavy atom. The third-order valence-electron chi connectivity index (χ3n) is 8.97. The molecule has 2 aromatic carbocycles. The van der Waals surface area contributed by atoms with Gasteiger partial charge in [-0.05, 0) is 56.1 Å². The number of hydrogen-bond acceptors (Lipinski definition) is 10. The molecular weight excluding hydrogens is 646 g/mol. The number of benzene rings is 2. The fraction of sp³-hybridized carbons (Fsp3) is 0.559. The number of nitrogens with zero attached hydrogens (tertiary/aromatic N) is 3. The molecule has 7 nitrogen and oxygen atoms in total. The predicted octanol–water partition coefficient (Wildman–Crippen LogP) is 7.05. The maximum absolute atomic E-state index is 13.1. The zero-order valence-electron chi connectivity index (χ0n) is 26.7.